The number of benzene rings is 1. The van der Waals surface area contributed by atoms with Gasteiger partial charge < -0.3 is 15.4 Å². The lowest BCUT2D eigenvalue weighted by Gasteiger charge is -2.38. The zero-order valence-electron chi connectivity index (χ0n) is 11.7. The van der Waals surface area contributed by atoms with E-state index in [1.54, 1.807) is 7.11 Å². The molecule has 1 aromatic carbocycles. The van der Waals surface area contributed by atoms with Crippen molar-refractivity contribution in [1.29, 1.82) is 0 Å². The molecule has 0 spiro atoms. The van der Waals surface area contributed by atoms with Gasteiger partial charge >= 0.3 is 0 Å². The zero-order chi connectivity index (χ0) is 13.7. The van der Waals surface area contributed by atoms with E-state index >= 15 is 0 Å². The van der Waals surface area contributed by atoms with Crippen molar-refractivity contribution in [1.82, 2.24) is 5.32 Å². The van der Waals surface area contributed by atoms with Crippen LogP contribution in [0.1, 0.15) is 26.2 Å². The van der Waals surface area contributed by atoms with E-state index in [1.807, 2.05) is 24.3 Å². The molecule has 0 bridgehead atoms. The van der Waals surface area contributed by atoms with Gasteiger partial charge in [0.15, 0.2) is 0 Å². The Kier molecular flexibility index (Phi) is 4.43. The van der Waals surface area contributed by atoms with Gasteiger partial charge in [0.05, 0.1) is 19.3 Å². The minimum atomic E-state index is -0.0348. The number of amides is 1. The van der Waals surface area contributed by atoms with E-state index in [0.717, 1.165) is 6.54 Å². The first-order valence-corrected chi connectivity index (χ1v) is 6.77. The predicted octanol–water partition coefficient (Wildman–Crippen LogP) is 2.41. The number of anilines is 1. The van der Waals surface area contributed by atoms with Gasteiger partial charge in [0.2, 0.25) is 5.91 Å². The average Bonchev–Trinajstić information content (AvgIpc) is 2.37. The summed E-state index contributed by atoms with van der Waals surface area (Å²) in [5.74, 6) is 0.647. The highest BCUT2D eigenvalue weighted by atomic mass is 16.5. The Bertz CT molecular complexity index is 442. The molecule has 0 unspecified atom stereocenters. The van der Waals surface area contributed by atoms with Crippen LogP contribution in [0.25, 0.3) is 0 Å². The van der Waals surface area contributed by atoms with Crippen molar-refractivity contribution < 1.29 is 9.53 Å². The summed E-state index contributed by atoms with van der Waals surface area (Å²) in [4.78, 5) is 11.8. The zero-order valence-corrected chi connectivity index (χ0v) is 11.7. The van der Waals surface area contributed by atoms with Gasteiger partial charge in [0.1, 0.15) is 5.75 Å². The summed E-state index contributed by atoms with van der Waals surface area (Å²) in [6.45, 7) is 3.52. The third kappa shape index (κ3) is 3.70. The molecule has 1 amide bonds. The second-order valence-electron chi connectivity index (χ2n) is 5.52. The third-order valence-corrected chi connectivity index (χ3v) is 3.78. The van der Waals surface area contributed by atoms with Crippen LogP contribution in [-0.2, 0) is 4.79 Å². The number of ether oxygens (including phenoxy) is 1. The van der Waals surface area contributed by atoms with Crippen LogP contribution in [0, 0.1) is 5.41 Å². The van der Waals surface area contributed by atoms with Gasteiger partial charge in [-0.15, -0.1) is 0 Å². The number of rotatable bonds is 6. The molecule has 4 heteroatoms. The number of para-hydroxylation sites is 2. The van der Waals surface area contributed by atoms with Crippen molar-refractivity contribution in [3.8, 4) is 5.75 Å². The number of carbonyl (C=O) groups is 1. The fourth-order valence-corrected chi connectivity index (χ4v) is 2.38. The van der Waals surface area contributed by atoms with Gasteiger partial charge in [0, 0.05) is 6.54 Å². The molecule has 1 aromatic rings. The number of nitrogens with one attached hydrogen (secondary N) is 2. The van der Waals surface area contributed by atoms with Gasteiger partial charge in [-0.25, -0.2) is 0 Å². The Morgan fingerprint density at radius 1 is 1.37 bits per heavy atom. The summed E-state index contributed by atoms with van der Waals surface area (Å²) in [6, 6.07) is 7.42. The summed E-state index contributed by atoms with van der Waals surface area (Å²) < 4.78 is 5.20. The normalized spacial score (nSPS) is 16.5. The Morgan fingerprint density at radius 3 is 2.74 bits per heavy atom. The number of carbonyl (C=O) groups excluding carboxylic acids is 1. The molecule has 0 aromatic heterocycles. The van der Waals surface area contributed by atoms with Crippen LogP contribution in [0.4, 0.5) is 5.69 Å². The standard InChI is InChI=1S/C15H22N2O2/c1-15(8-5-9-15)11-16-10-14(18)17-12-6-3-4-7-13(12)19-2/h3-4,6-7,16H,5,8-11H2,1-2H3,(H,17,18). The van der Waals surface area contributed by atoms with Crippen molar-refractivity contribution in [2.24, 2.45) is 5.41 Å². The molecule has 1 saturated carbocycles. The van der Waals surface area contributed by atoms with Crippen LogP contribution in [0.3, 0.4) is 0 Å². The molecule has 19 heavy (non-hydrogen) atoms. The lowest BCUT2D eigenvalue weighted by Crippen LogP contribution is -2.40. The van der Waals surface area contributed by atoms with Crippen molar-refractivity contribution in [3.05, 3.63) is 24.3 Å². The van der Waals surface area contributed by atoms with Crippen molar-refractivity contribution in [3.63, 3.8) is 0 Å². The molecule has 1 aliphatic carbocycles. The Hall–Kier alpha value is -1.55. The summed E-state index contributed by atoms with van der Waals surface area (Å²) in [6.07, 6.45) is 3.83. The van der Waals surface area contributed by atoms with E-state index in [9.17, 15) is 4.79 Å². The molecule has 0 heterocycles. The Labute approximate surface area is 114 Å². The van der Waals surface area contributed by atoms with E-state index in [0.29, 0.717) is 23.4 Å². The van der Waals surface area contributed by atoms with E-state index in [4.69, 9.17) is 4.74 Å². The molecular formula is C15H22N2O2. The van der Waals surface area contributed by atoms with Crippen molar-refractivity contribution in [2.75, 3.05) is 25.5 Å². The van der Waals surface area contributed by atoms with Crippen molar-refractivity contribution >= 4 is 11.6 Å². The van der Waals surface area contributed by atoms with Crippen LogP contribution in [0.2, 0.25) is 0 Å². The molecule has 0 saturated heterocycles. The quantitative estimate of drug-likeness (QED) is 0.827. The van der Waals surface area contributed by atoms with Crippen LogP contribution in [-0.4, -0.2) is 26.1 Å². The minimum Gasteiger partial charge on any atom is -0.495 e. The molecule has 2 rings (SSSR count). The van der Waals surface area contributed by atoms with Gasteiger partial charge in [-0.05, 0) is 30.4 Å². The molecule has 0 atom stereocenters. The third-order valence-electron chi connectivity index (χ3n) is 3.78. The van der Waals surface area contributed by atoms with E-state index in [1.165, 1.54) is 19.3 Å². The lowest BCUT2D eigenvalue weighted by molar-refractivity contribution is -0.115. The minimum absolute atomic E-state index is 0.0348. The van der Waals surface area contributed by atoms with Gasteiger partial charge in [-0.1, -0.05) is 25.5 Å². The van der Waals surface area contributed by atoms with Gasteiger partial charge in [-0.3, -0.25) is 4.79 Å². The summed E-state index contributed by atoms with van der Waals surface area (Å²) in [5.41, 5.74) is 1.11. The van der Waals surface area contributed by atoms with Gasteiger partial charge in [-0.2, -0.15) is 0 Å². The Balaban J connectivity index is 1.77. The molecule has 4 nitrogen and oxygen atoms in total. The maximum absolute atomic E-state index is 11.8. The van der Waals surface area contributed by atoms with E-state index < -0.39 is 0 Å². The second-order valence-corrected chi connectivity index (χ2v) is 5.52. The fraction of sp³-hybridized carbons (Fsp3) is 0.533. The summed E-state index contributed by atoms with van der Waals surface area (Å²) in [5, 5.41) is 6.09. The number of hydrogen-bond donors (Lipinski definition) is 2. The maximum atomic E-state index is 11.8. The van der Waals surface area contributed by atoms with Gasteiger partial charge in [0.25, 0.3) is 0 Å². The molecule has 0 radical (unpaired) electrons. The summed E-state index contributed by atoms with van der Waals surface area (Å²) in [7, 11) is 1.60. The summed E-state index contributed by atoms with van der Waals surface area (Å²) >= 11 is 0. The first kappa shape index (κ1) is 13.9. The topological polar surface area (TPSA) is 50.4 Å². The van der Waals surface area contributed by atoms with Crippen LogP contribution in [0.5, 0.6) is 5.75 Å². The highest BCUT2D eigenvalue weighted by Crippen LogP contribution is 2.39. The first-order chi connectivity index (χ1) is 9.13. The highest BCUT2D eigenvalue weighted by Gasteiger charge is 2.31. The largest absolute Gasteiger partial charge is 0.495 e. The molecule has 0 aliphatic heterocycles. The molecule has 1 aliphatic rings. The number of hydrogen-bond acceptors (Lipinski definition) is 3. The molecule has 1 fully saturated rings. The SMILES string of the molecule is COc1ccccc1NC(=O)CNCC1(C)CCC1. The van der Waals surface area contributed by atoms with Crippen LogP contribution >= 0.6 is 0 Å². The lowest BCUT2D eigenvalue weighted by atomic mass is 9.70. The van der Waals surface area contributed by atoms with Crippen molar-refractivity contribution in [2.45, 2.75) is 26.2 Å². The monoisotopic (exact) mass is 262 g/mol. The number of methoxy groups -OCH3 is 1. The van der Waals surface area contributed by atoms with E-state index in [-0.39, 0.29) is 5.91 Å². The predicted molar refractivity (Wildman–Crippen MR) is 76.5 cm³/mol. The van der Waals surface area contributed by atoms with Crippen LogP contribution in [0.15, 0.2) is 24.3 Å². The molecule has 104 valence electrons. The maximum Gasteiger partial charge on any atom is 0.238 e. The molecule has 2 N–H and O–H groups in total. The molecular weight excluding hydrogens is 240 g/mol. The smallest absolute Gasteiger partial charge is 0.238 e. The second kappa shape index (κ2) is 6.06. The fourth-order valence-electron chi connectivity index (χ4n) is 2.38. The first-order valence-electron chi connectivity index (χ1n) is 6.77. The van der Waals surface area contributed by atoms with Crippen LogP contribution < -0.4 is 15.4 Å². The average molecular weight is 262 g/mol. The van der Waals surface area contributed by atoms with E-state index in [2.05, 4.69) is 17.6 Å². The Morgan fingerprint density at radius 2 is 2.11 bits per heavy atom. The highest BCUT2D eigenvalue weighted by molar-refractivity contribution is 5.93.